The van der Waals surface area contributed by atoms with Gasteiger partial charge in [0.2, 0.25) is 5.91 Å². The van der Waals surface area contributed by atoms with Gasteiger partial charge in [0, 0.05) is 44.7 Å². The molecule has 0 fully saturated rings. The van der Waals surface area contributed by atoms with Crippen LogP contribution in [0.4, 0.5) is 4.79 Å². The maximum Gasteiger partial charge on any atom is 0.318 e. The van der Waals surface area contributed by atoms with E-state index in [2.05, 4.69) is 11.9 Å². The summed E-state index contributed by atoms with van der Waals surface area (Å²) in [5.74, 6) is -0.130. The molecule has 3 amide bonds. The summed E-state index contributed by atoms with van der Waals surface area (Å²) in [4.78, 5) is 28.5. The highest BCUT2D eigenvalue weighted by molar-refractivity contribution is 5.84. The Hall–Kier alpha value is -2.28. The number of carbonyl (C=O) groups excluding carboxylic acids is 2. The van der Waals surface area contributed by atoms with E-state index in [-0.39, 0.29) is 24.0 Å². The zero-order chi connectivity index (χ0) is 19.7. The molecule has 0 radical (unpaired) electrons. The minimum Gasteiger partial charge on any atom is -0.383 e. The molecule has 0 bridgehead atoms. The first kappa shape index (κ1) is 21.8. The predicted octanol–water partition coefficient (Wildman–Crippen LogP) is 2.00. The smallest absolute Gasteiger partial charge is 0.318 e. The van der Waals surface area contributed by atoms with Crippen LogP contribution < -0.4 is 5.32 Å². The fourth-order valence-corrected chi connectivity index (χ4v) is 2.39. The van der Waals surface area contributed by atoms with Gasteiger partial charge in [-0.25, -0.2) is 4.79 Å². The lowest BCUT2D eigenvalue weighted by molar-refractivity contribution is -0.133. The molecule has 0 saturated heterocycles. The van der Waals surface area contributed by atoms with Gasteiger partial charge >= 0.3 is 6.03 Å². The van der Waals surface area contributed by atoms with Crippen molar-refractivity contribution in [1.29, 1.82) is 0 Å². The van der Waals surface area contributed by atoms with Crippen LogP contribution in [0.1, 0.15) is 26.5 Å². The van der Waals surface area contributed by atoms with E-state index in [0.29, 0.717) is 26.2 Å². The van der Waals surface area contributed by atoms with Gasteiger partial charge in [0.05, 0.1) is 13.2 Å². The zero-order valence-electron chi connectivity index (χ0n) is 16.6. The van der Waals surface area contributed by atoms with Gasteiger partial charge < -0.3 is 24.4 Å². The van der Waals surface area contributed by atoms with Crippen LogP contribution in [0.5, 0.6) is 0 Å². The van der Waals surface area contributed by atoms with Crippen molar-refractivity contribution < 1.29 is 14.3 Å². The van der Waals surface area contributed by atoms with Crippen molar-refractivity contribution in [3.05, 3.63) is 36.7 Å². The van der Waals surface area contributed by atoms with Crippen molar-refractivity contribution in [2.45, 2.75) is 32.9 Å². The Kier molecular flexibility index (Phi) is 8.38. The molecular weight excluding hydrogens is 332 g/mol. The van der Waals surface area contributed by atoms with Crippen molar-refractivity contribution in [1.82, 2.24) is 19.7 Å². The molecule has 1 aromatic rings. The molecule has 0 aliphatic rings. The molecule has 0 aliphatic heterocycles. The lowest BCUT2D eigenvalue weighted by Crippen LogP contribution is -2.51. The first-order chi connectivity index (χ1) is 12.2. The van der Waals surface area contributed by atoms with E-state index in [0.717, 1.165) is 5.69 Å². The summed E-state index contributed by atoms with van der Waals surface area (Å²) in [6, 6.07) is 3.63. The second kappa shape index (κ2) is 10.0. The zero-order valence-corrected chi connectivity index (χ0v) is 16.6. The van der Waals surface area contributed by atoms with Gasteiger partial charge in [0.15, 0.2) is 0 Å². The standard InChI is InChI=1S/C19H32N4O3/c1-7-10-23(18(25)20-19(2,3)4)15-17(24)22(12-13-26-6)14-16-9-8-11-21(16)5/h7-9,11H,1,10,12-15H2,2-6H3,(H,20,25). The Balaban J connectivity index is 2.84. The minimum absolute atomic E-state index is 0.0118. The molecule has 7 heteroatoms. The number of rotatable bonds is 9. The Morgan fingerprint density at radius 3 is 2.54 bits per heavy atom. The molecule has 0 atom stereocenters. The van der Waals surface area contributed by atoms with Crippen LogP contribution in [0, 0.1) is 0 Å². The molecule has 146 valence electrons. The molecule has 0 unspecified atom stereocenters. The number of nitrogens with one attached hydrogen (secondary N) is 1. The molecule has 0 aromatic carbocycles. The molecular formula is C19H32N4O3. The number of ether oxygens (including phenoxy) is 1. The maximum atomic E-state index is 12.8. The Morgan fingerprint density at radius 1 is 1.35 bits per heavy atom. The normalized spacial score (nSPS) is 11.1. The van der Waals surface area contributed by atoms with E-state index >= 15 is 0 Å². The number of methoxy groups -OCH3 is 1. The fourth-order valence-electron chi connectivity index (χ4n) is 2.39. The van der Waals surface area contributed by atoms with Gasteiger partial charge in [0.1, 0.15) is 6.54 Å². The van der Waals surface area contributed by atoms with E-state index in [1.807, 2.05) is 50.7 Å². The summed E-state index contributed by atoms with van der Waals surface area (Å²) >= 11 is 0. The van der Waals surface area contributed by atoms with Crippen LogP contribution >= 0.6 is 0 Å². The molecule has 26 heavy (non-hydrogen) atoms. The molecule has 0 saturated carbocycles. The molecule has 0 spiro atoms. The summed E-state index contributed by atoms with van der Waals surface area (Å²) in [6.45, 7) is 11.0. The summed E-state index contributed by atoms with van der Waals surface area (Å²) in [7, 11) is 3.54. The quantitative estimate of drug-likeness (QED) is 0.682. The highest BCUT2D eigenvalue weighted by Gasteiger charge is 2.23. The number of amides is 3. The SMILES string of the molecule is C=CCN(CC(=O)N(CCOC)Cc1cccn1C)C(=O)NC(C)(C)C. The van der Waals surface area contributed by atoms with Crippen molar-refractivity contribution in [2.75, 3.05) is 33.4 Å². The number of aromatic nitrogens is 1. The van der Waals surface area contributed by atoms with Crippen LogP contribution in [-0.4, -0.2) is 65.2 Å². The maximum absolute atomic E-state index is 12.8. The monoisotopic (exact) mass is 364 g/mol. The summed E-state index contributed by atoms with van der Waals surface area (Å²) < 4.78 is 7.10. The van der Waals surface area contributed by atoms with Gasteiger partial charge in [0.25, 0.3) is 0 Å². The molecule has 1 heterocycles. The second-order valence-electron chi connectivity index (χ2n) is 7.27. The molecule has 1 N–H and O–H groups in total. The molecule has 1 aromatic heterocycles. The van der Waals surface area contributed by atoms with Gasteiger partial charge in [-0.1, -0.05) is 6.08 Å². The van der Waals surface area contributed by atoms with Gasteiger partial charge in [-0.3, -0.25) is 4.79 Å². The fraction of sp³-hybridized carbons (Fsp3) is 0.579. The third kappa shape index (κ3) is 7.31. The largest absolute Gasteiger partial charge is 0.383 e. The van der Waals surface area contributed by atoms with E-state index < -0.39 is 0 Å². The third-order valence-electron chi connectivity index (χ3n) is 3.77. The first-order valence-corrected chi connectivity index (χ1v) is 8.73. The third-order valence-corrected chi connectivity index (χ3v) is 3.77. The summed E-state index contributed by atoms with van der Waals surface area (Å²) in [6.07, 6.45) is 3.56. The summed E-state index contributed by atoms with van der Waals surface area (Å²) in [5, 5.41) is 2.89. The topological polar surface area (TPSA) is 66.8 Å². The van der Waals surface area contributed by atoms with E-state index in [4.69, 9.17) is 4.74 Å². The van der Waals surface area contributed by atoms with Crippen LogP contribution in [0.15, 0.2) is 31.0 Å². The number of hydrogen-bond donors (Lipinski definition) is 1. The molecule has 0 aliphatic carbocycles. The van der Waals surface area contributed by atoms with Crippen LogP contribution in [0.2, 0.25) is 0 Å². The van der Waals surface area contributed by atoms with Gasteiger partial charge in [-0.2, -0.15) is 0 Å². The van der Waals surface area contributed by atoms with Crippen molar-refractivity contribution in [2.24, 2.45) is 7.05 Å². The molecule has 7 nitrogen and oxygen atoms in total. The van der Waals surface area contributed by atoms with Crippen molar-refractivity contribution >= 4 is 11.9 Å². The predicted molar refractivity (Wildman–Crippen MR) is 103 cm³/mol. The highest BCUT2D eigenvalue weighted by atomic mass is 16.5. The van der Waals surface area contributed by atoms with Crippen LogP contribution in [-0.2, 0) is 23.1 Å². The number of carbonyl (C=O) groups is 2. The number of nitrogens with zero attached hydrogens (tertiary/aromatic N) is 3. The van der Waals surface area contributed by atoms with Gasteiger partial charge in [-0.15, -0.1) is 6.58 Å². The van der Waals surface area contributed by atoms with E-state index in [1.165, 1.54) is 4.90 Å². The minimum atomic E-state index is -0.377. The number of aryl methyl sites for hydroxylation is 1. The lowest BCUT2D eigenvalue weighted by Gasteiger charge is -2.30. The Morgan fingerprint density at radius 2 is 2.04 bits per heavy atom. The second-order valence-corrected chi connectivity index (χ2v) is 7.27. The van der Waals surface area contributed by atoms with Crippen molar-refractivity contribution in [3.8, 4) is 0 Å². The average molecular weight is 364 g/mol. The van der Waals surface area contributed by atoms with Gasteiger partial charge in [-0.05, 0) is 32.9 Å². The van der Waals surface area contributed by atoms with Crippen molar-refractivity contribution in [3.63, 3.8) is 0 Å². The number of hydrogen-bond acceptors (Lipinski definition) is 3. The first-order valence-electron chi connectivity index (χ1n) is 8.73. The lowest BCUT2D eigenvalue weighted by atomic mass is 10.1. The Labute approximate surface area is 156 Å². The van der Waals surface area contributed by atoms with Crippen LogP contribution in [0.25, 0.3) is 0 Å². The average Bonchev–Trinajstić information content (AvgIpc) is 2.94. The van der Waals surface area contributed by atoms with Crippen LogP contribution in [0.3, 0.4) is 0 Å². The van der Waals surface area contributed by atoms with E-state index in [9.17, 15) is 9.59 Å². The number of urea groups is 1. The Bertz CT molecular complexity index is 604. The van der Waals surface area contributed by atoms with E-state index in [1.54, 1.807) is 18.1 Å². The molecule has 1 rings (SSSR count). The highest BCUT2D eigenvalue weighted by Crippen LogP contribution is 2.07. The summed E-state index contributed by atoms with van der Waals surface area (Å²) in [5.41, 5.74) is 0.641.